The molecule has 0 aliphatic heterocycles. The highest BCUT2D eigenvalue weighted by Crippen LogP contribution is 2.26. The van der Waals surface area contributed by atoms with Gasteiger partial charge < -0.3 is 5.32 Å². The number of carbonyl (C=O) groups is 1. The fraction of sp³-hybridized carbons (Fsp3) is 0.172. The second-order valence-corrected chi connectivity index (χ2v) is 8.24. The average Bonchev–Trinajstić information content (AvgIpc) is 2.81. The van der Waals surface area contributed by atoms with Crippen molar-refractivity contribution in [2.45, 2.75) is 33.1 Å². The van der Waals surface area contributed by atoms with Gasteiger partial charge in [-0.2, -0.15) is 0 Å². The van der Waals surface area contributed by atoms with E-state index >= 15 is 0 Å². The Hall–Kier alpha value is -3.72. The number of anilines is 1. The van der Waals surface area contributed by atoms with Gasteiger partial charge in [-0.3, -0.25) is 9.78 Å². The van der Waals surface area contributed by atoms with Crippen LogP contribution in [0.5, 0.6) is 0 Å². The van der Waals surface area contributed by atoms with Gasteiger partial charge in [0.2, 0.25) is 0 Å². The average molecular weight is 421 g/mol. The number of hydrogen-bond acceptors (Lipinski definition) is 2. The normalized spacial score (nSPS) is 10.7. The first kappa shape index (κ1) is 21.5. The summed E-state index contributed by atoms with van der Waals surface area (Å²) < 4.78 is 0. The van der Waals surface area contributed by atoms with Crippen LogP contribution < -0.4 is 5.32 Å². The molecule has 0 saturated carbocycles. The van der Waals surface area contributed by atoms with E-state index < -0.39 is 0 Å². The molecule has 32 heavy (non-hydrogen) atoms. The standard InChI is InChI=1S/C29H28N2O/c1-21-9-14-24(15-10-21)28-20-22(2)11-18-27(28)29(32)31-26-16-12-23(13-17-26)6-5-8-25-7-3-4-19-30-25/h3-4,7,9-20H,5-6,8H2,1-2H3,(H,31,32). The van der Waals surface area contributed by atoms with Crippen LogP contribution in [0.25, 0.3) is 11.1 Å². The molecule has 1 heterocycles. The molecule has 0 fully saturated rings. The Morgan fingerprint density at radius 3 is 2.28 bits per heavy atom. The smallest absolute Gasteiger partial charge is 0.256 e. The summed E-state index contributed by atoms with van der Waals surface area (Å²) in [6, 6.07) is 28.4. The van der Waals surface area contributed by atoms with E-state index in [0.717, 1.165) is 47.3 Å². The zero-order chi connectivity index (χ0) is 22.3. The molecule has 3 nitrogen and oxygen atoms in total. The van der Waals surface area contributed by atoms with Crippen LogP contribution in [-0.4, -0.2) is 10.9 Å². The molecule has 1 aromatic heterocycles. The first-order valence-corrected chi connectivity index (χ1v) is 11.1. The molecule has 0 saturated heterocycles. The summed E-state index contributed by atoms with van der Waals surface area (Å²) in [5.74, 6) is -0.0940. The molecule has 0 atom stereocenters. The fourth-order valence-corrected chi connectivity index (χ4v) is 3.80. The first-order valence-electron chi connectivity index (χ1n) is 11.1. The number of carbonyl (C=O) groups excluding carboxylic acids is 1. The lowest BCUT2D eigenvalue weighted by molar-refractivity contribution is 0.102. The Morgan fingerprint density at radius 1 is 0.812 bits per heavy atom. The van der Waals surface area contributed by atoms with Gasteiger partial charge in [0.25, 0.3) is 5.91 Å². The number of hydrogen-bond donors (Lipinski definition) is 1. The molecular formula is C29H28N2O. The third kappa shape index (κ3) is 5.50. The van der Waals surface area contributed by atoms with Crippen molar-refractivity contribution in [3.05, 3.63) is 119 Å². The van der Waals surface area contributed by atoms with E-state index in [0.29, 0.717) is 5.56 Å². The van der Waals surface area contributed by atoms with E-state index in [4.69, 9.17) is 0 Å². The minimum atomic E-state index is -0.0940. The molecule has 0 aliphatic rings. The van der Waals surface area contributed by atoms with Crippen LogP contribution >= 0.6 is 0 Å². The summed E-state index contributed by atoms with van der Waals surface area (Å²) >= 11 is 0. The molecule has 160 valence electrons. The third-order valence-electron chi connectivity index (χ3n) is 5.62. The Kier molecular flexibility index (Phi) is 6.76. The number of aromatic nitrogens is 1. The van der Waals surface area contributed by atoms with Gasteiger partial charge in [0.05, 0.1) is 0 Å². The maximum atomic E-state index is 13.1. The SMILES string of the molecule is Cc1ccc(-c2cc(C)ccc2C(=O)Nc2ccc(CCCc3ccccn3)cc2)cc1. The molecule has 1 N–H and O–H groups in total. The highest BCUT2D eigenvalue weighted by molar-refractivity contribution is 6.08. The van der Waals surface area contributed by atoms with Gasteiger partial charge in [-0.05, 0) is 80.1 Å². The minimum Gasteiger partial charge on any atom is -0.322 e. The molecule has 0 bridgehead atoms. The summed E-state index contributed by atoms with van der Waals surface area (Å²) in [6.45, 7) is 4.11. The minimum absolute atomic E-state index is 0.0940. The molecule has 0 aliphatic carbocycles. The Balaban J connectivity index is 1.42. The molecule has 1 amide bonds. The Labute approximate surface area is 190 Å². The molecule has 3 aromatic carbocycles. The number of nitrogens with zero attached hydrogens (tertiary/aromatic N) is 1. The largest absolute Gasteiger partial charge is 0.322 e. The highest BCUT2D eigenvalue weighted by Gasteiger charge is 2.13. The highest BCUT2D eigenvalue weighted by atomic mass is 16.1. The van der Waals surface area contributed by atoms with Crippen molar-refractivity contribution in [2.24, 2.45) is 0 Å². The van der Waals surface area contributed by atoms with E-state index in [1.165, 1.54) is 11.1 Å². The van der Waals surface area contributed by atoms with Gasteiger partial charge >= 0.3 is 0 Å². The van der Waals surface area contributed by atoms with E-state index in [1.54, 1.807) is 0 Å². The number of aryl methyl sites for hydroxylation is 4. The van der Waals surface area contributed by atoms with Gasteiger partial charge in [-0.25, -0.2) is 0 Å². The van der Waals surface area contributed by atoms with Gasteiger partial charge in [-0.1, -0.05) is 65.7 Å². The van der Waals surface area contributed by atoms with E-state index in [2.05, 4.69) is 65.8 Å². The van der Waals surface area contributed by atoms with Crippen molar-refractivity contribution in [3.8, 4) is 11.1 Å². The van der Waals surface area contributed by atoms with Gasteiger partial charge in [0, 0.05) is 23.1 Å². The number of amides is 1. The second-order valence-electron chi connectivity index (χ2n) is 8.24. The first-order chi connectivity index (χ1) is 15.6. The zero-order valence-electron chi connectivity index (χ0n) is 18.6. The van der Waals surface area contributed by atoms with Gasteiger partial charge in [0.1, 0.15) is 0 Å². The maximum Gasteiger partial charge on any atom is 0.256 e. The van der Waals surface area contributed by atoms with Crippen LogP contribution in [0, 0.1) is 13.8 Å². The van der Waals surface area contributed by atoms with Crippen molar-refractivity contribution >= 4 is 11.6 Å². The zero-order valence-corrected chi connectivity index (χ0v) is 18.6. The van der Waals surface area contributed by atoms with Crippen molar-refractivity contribution in [3.63, 3.8) is 0 Å². The second kappa shape index (κ2) is 10.1. The topological polar surface area (TPSA) is 42.0 Å². The van der Waals surface area contributed by atoms with Crippen molar-refractivity contribution in [1.82, 2.24) is 4.98 Å². The fourth-order valence-electron chi connectivity index (χ4n) is 3.80. The van der Waals surface area contributed by atoms with Crippen LogP contribution in [-0.2, 0) is 12.8 Å². The lowest BCUT2D eigenvalue weighted by Crippen LogP contribution is -2.13. The summed E-state index contributed by atoms with van der Waals surface area (Å²) in [6.07, 6.45) is 4.84. The Bertz CT molecular complexity index is 1180. The monoisotopic (exact) mass is 420 g/mol. The van der Waals surface area contributed by atoms with Crippen molar-refractivity contribution < 1.29 is 4.79 Å². The predicted octanol–water partition coefficient (Wildman–Crippen LogP) is 6.79. The van der Waals surface area contributed by atoms with Gasteiger partial charge in [0.15, 0.2) is 0 Å². The van der Waals surface area contributed by atoms with Crippen molar-refractivity contribution in [2.75, 3.05) is 5.32 Å². The molecule has 0 radical (unpaired) electrons. The van der Waals surface area contributed by atoms with Crippen LogP contribution in [0.15, 0.2) is 91.1 Å². The number of nitrogens with one attached hydrogen (secondary N) is 1. The Morgan fingerprint density at radius 2 is 1.56 bits per heavy atom. The predicted molar refractivity (Wildman–Crippen MR) is 132 cm³/mol. The lowest BCUT2D eigenvalue weighted by Gasteiger charge is -2.12. The quantitative estimate of drug-likeness (QED) is 0.357. The van der Waals surface area contributed by atoms with Crippen LogP contribution in [0.4, 0.5) is 5.69 Å². The molecule has 4 rings (SSSR count). The van der Waals surface area contributed by atoms with Crippen LogP contribution in [0.1, 0.15) is 39.2 Å². The third-order valence-corrected chi connectivity index (χ3v) is 5.62. The summed E-state index contributed by atoms with van der Waals surface area (Å²) in [7, 11) is 0. The molecular weight excluding hydrogens is 392 g/mol. The summed E-state index contributed by atoms with van der Waals surface area (Å²) in [5.41, 5.74) is 8.20. The van der Waals surface area contributed by atoms with Crippen LogP contribution in [0.2, 0.25) is 0 Å². The van der Waals surface area contributed by atoms with E-state index in [-0.39, 0.29) is 5.91 Å². The van der Waals surface area contributed by atoms with Crippen molar-refractivity contribution in [1.29, 1.82) is 0 Å². The molecule has 3 heteroatoms. The number of pyridine rings is 1. The number of benzene rings is 3. The molecule has 4 aromatic rings. The molecule has 0 spiro atoms. The van der Waals surface area contributed by atoms with Crippen LogP contribution in [0.3, 0.4) is 0 Å². The van der Waals surface area contributed by atoms with E-state index in [1.807, 2.05) is 49.5 Å². The maximum absolute atomic E-state index is 13.1. The van der Waals surface area contributed by atoms with E-state index in [9.17, 15) is 4.79 Å². The molecule has 0 unspecified atom stereocenters. The van der Waals surface area contributed by atoms with Gasteiger partial charge in [-0.15, -0.1) is 0 Å². The number of rotatable bonds is 7. The summed E-state index contributed by atoms with van der Waals surface area (Å²) in [4.78, 5) is 17.5. The summed E-state index contributed by atoms with van der Waals surface area (Å²) in [5, 5.41) is 3.06. The lowest BCUT2D eigenvalue weighted by atomic mass is 9.96.